The fourth-order valence-corrected chi connectivity index (χ4v) is 3.41. The van der Waals surface area contributed by atoms with Crippen molar-refractivity contribution in [3.05, 3.63) is 88.2 Å². The molecule has 31 heavy (non-hydrogen) atoms. The molecule has 0 spiro atoms. The second-order valence-electron chi connectivity index (χ2n) is 7.70. The molecule has 7 nitrogen and oxygen atoms in total. The molecule has 0 aliphatic carbocycles. The zero-order valence-corrected chi connectivity index (χ0v) is 18.0. The molecule has 3 aromatic heterocycles. The Labute approximate surface area is 181 Å². The van der Waals surface area contributed by atoms with Crippen LogP contribution in [0.3, 0.4) is 0 Å². The van der Waals surface area contributed by atoms with Crippen molar-refractivity contribution in [1.82, 2.24) is 24.7 Å². The topological polar surface area (TPSA) is 88.5 Å². The van der Waals surface area contributed by atoms with Crippen LogP contribution in [0, 0.1) is 0 Å². The van der Waals surface area contributed by atoms with Gasteiger partial charge in [-0.2, -0.15) is 5.10 Å². The van der Waals surface area contributed by atoms with Crippen LogP contribution in [-0.4, -0.2) is 24.7 Å². The molecule has 158 valence electrons. The predicted octanol–water partition coefficient (Wildman–Crippen LogP) is 4.32. The number of rotatable bonds is 7. The number of hydrogen-bond acceptors (Lipinski definition) is 5. The summed E-state index contributed by atoms with van der Waals surface area (Å²) in [7, 11) is 0. The van der Waals surface area contributed by atoms with Crippen LogP contribution in [-0.2, 0) is 13.0 Å². The average molecular weight is 415 g/mol. The van der Waals surface area contributed by atoms with E-state index < -0.39 is 0 Å². The largest absolute Gasteiger partial charge is 0.366 e. The molecule has 7 heteroatoms. The molecular formula is C24H26N6O. The Hall–Kier alpha value is -3.74. The minimum atomic E-state index is -0.152. The SMILES string of the molecule is CCc1cc(=O)[nH]c(-c2ccc(NCc3cn(-c4ccccc4)nc3C(C)C)nc2)n1. The Morgan fingerprint density at radius 3 is 2.61 bits per heavy atom. The Morgan fingerprint density at radius 2 is 1.94 bits per heavy atom. The third kappa shape index (κ3) is 4.71. The van der Waals surface area contributed by atoms with Gasteiger partial charge in [0.25, 0.3) is 5.56 Å². The van der Waals surface area contributed by atoms with Crippen molar-refractivity contribution in [3.8, 4) is 17.1 Å². The highest BCUT2D eigenvalue weighted by Gasteiger charge is 2.13. The number of nitrogens with one attached hydrogen (secondary N) is 2. The van der Waals surface area contributed by atoms with Crippen molar-refractivity contribution in [2.75, 3.05) is 5.32 Å². The molecule has 4 rings (SSSR count). The van der Waals surface area contributed by atoms with Gasteiger partial charge in [-0.05, 0) is 36.6 Å². The van der Waals surface area contributed by atoms with Crippen LogP contribution in [0.15, 0.2) is 65.7 Å². The van der Waals surface area contributed by atoms with Crippen molar-refractivity contribution in [2.24, 2.45) is 0 Å². The van der Waals surface area contributed by atoms with Crippen LogP contribution in [0.5, 0.6) is 0 Å². The van der Waals surface area contributed by atoms with Crippen LogP contribution in [0.25, 0.3) is 17.1 Å². The van der Waals surface area contributed by atoms with Crippen molar-refractivity contribution >= 4 is 5.82 Å². The van der Waals surface area contributed by atoms with Gasteiger partial charge in [-0.3, -0.25) is 4.79 Å². The number of pyridine rings is 1. The fourth-order valence-electron chi connectivity index (χ4n) is 3.41. The van der Waals surface area contributed by atoms with E-state index in [1.165, 1.54) is 6.07 Å². The van der Waals surface area contributed by atoms with E-state index in [4.69, 9.17) is 5.10 Å². The molecule has 0 atom stereocenters. The molecule has 0 radical (unpaired) electrons. The first-order valence-corrected chi connectivity index (χ1v) is 10.5. The van der Waals surface area contributed by atoms with Crippen LogP contribution < -0.4 is 10.9 Å². The fraction of sp³-hybridized carbons (Fsp3) is 0.250. The lowest BCUT2D eigenvalue weighted by Crippen LogP contribution is -2.10. The van der Waals surface area contributed by atoms with Gasteiger partial charge in [-0.15, -0.1) is 0 Å². The number of nitrogens with zero attached hydrogens (tertiary/aromatic N) is 4. The first-order chi connectivity index (χ1) is 15.0. The molecular weight excluding hydrogens is 388 g/mol. The van der Waals surface area contributed by atoms with E-state index in [0.29, 0.717) is 24.7 Å². The number of para-hydroxylation sites is 1. The van der Waals surface area contributed by atoms with E-state index in [9.17, 15) is 4.79 Å². The number of aryl methyl sites for hydroxylation is 1. The molecule has 4 aromatic rings. The average Bonchev–Trinajstić information content (AvgIpc) is 3.23. The van der Waals surface area contributed by atoms with Gasteiger partial charge < -0.3 is 10.3 Å². The Balaban J connectivity index is 1.51. The van der Waals surface area contributed by atoms with Crippen LogP contribution in [0.2, 0.25) is 0 Å². The van der Waals surface area contributed by atoms with Crippen LogP contribution in [0.4, 0.5) is 5.82 Å². The van der Waals surface area contributed by atoms with Crippen molar-refractivity contribution < 1.29 is 0 Å². The zero-order chi connectivity index (χ0) is 21.8. The summed E-state index contributed by atoms with van der Waals surface area (Å²) in [5.41, 5.74) is 4.61. The van der Waals surface area contributed by atoms with Gasteiger partial charge in [-0.1, -0.05) is 39.0 Å². The van der Waals surface area contributed by atoms with Crippen molar-refractivity contribution in [2.45, 2.75) is 39.7 Å². The maximum absolute atomic E-state index is 11.8. The molecule has 0 amide bonds. The molecule has 0 saturated heterocycles. The molecule has 0 aliphatic rings. The summed E-state index contributed by atoms with van der Waals surface area (Å²) in [6, 6.07) is 15.4. The van der Waals surface area contributed by atoms with E-state index >= 15 is 0 Å². The molecule has 0 saturated carbocycles. The highest BCUT2D eigenvalue weighted by atomic mass is 16.1. The lowest BCUT2D eigenvalue weighted by atomic mass is 10.1. The van der Waals surface area contributed by atoms with E-state index in [1.54, 1.807) is 6.20 Å². The van der Waals surface area contributed by atoms with E-state index in [2.05, 4.69) is 40.3 Å². The quantitative estimate of drug-likeness (QED) is 0.470. The predicted molar refractivity (Wildman–Crippen MR) is 122 cm³/mol. The molecule has 0 bridgehead atoms. The number of aromatic nitrogens is 5. The van der Waals surface area contributed by atoms with Crippen molar-refractivity contribution in [1.29, 1.82) is 0 Å². The van der Waals surface area contributed by atoms with Gasteiger partial charge in [-0.25, -0.2) is 14.6 Å². The summed E-state index contributed by atoms with van der Waals surface area (Å²) in [5.74, 6) is 1.60. The first kappa shape index (κ1) is 20.5. The molecule has 3 heterocycles. The molecule has 0 unspecified atom stereocenters. The number of H-pyrrole nitrogens is 1. The van der Waals surface area contributed by atoms with E-state index in [0.717, 1.165) is 34.0 Å². The smallest absolute Gasteiger partial charge is 0.251 e. The first-order valence-electron chi connectivity index (χ1n) is 10.5. The second kappa shape index (κ2) is 8.95. The maximum Gasteiger partial charge on any atom is 0.251 e. The second-order valence-corrected chi connectivity index (χ2v) is 7.70. The summed E-state index contributed by atoms with van der Waals surface area (Å²) in [5, 5.41) is 8.16. The summed E-state index contributed by atoms with van der Waals surface area (Å²) in [4.78, 5) is 23.6. The number of hydrogen-bond donors (Lipinski definition) is 2. The van der Waals surface area contributed by atoms with Crippen LogP contribution >= 0.6 is 0 Å². The van der Waals surface area contributed by atoms with Crippen molar-refractivity contribution in [3.63, 3.8) is 0 Å². The number of aromatic amines is 1. The molecule has 0 fully saturated rings. The lowest BCUT2D eigenvalue weighted by Gasteiger charge is -2.08. The molecule has 0 aliphatic heterocycles. The van der Waals surface area contributed by atoms with Gasteiger partial charge in [0.05, 0.1) is 11.4 Å². The Morgan fingerprint density at radius 1 is 1.13 bits per heavy atom. The number of benzene rings is 1. The van der Waals surface area contributed by atoms with Gasteiger partial charge >= 0.3 is 0 Å². The van der Waals surface area contributed by atoms with Gasteiger partial charge in [0.1, 0.15) is 11.6 Å². The highest BCUT2D eigenvalue weighted by molar-refractivity contribution is 5.56. The minimum absolute atomic E-state index is 0.152. The minimum Gasteiger partial charge on any atom is -0.366 e. The lowest BCUT2D eigenvalue weighted by molar-refractivity contribution is 0.763. The summed E-state index contributed by atoms with van der Waals surface area (Å²) >= 11 is 0. The molecule has 2 N–H and O–H groups in total. The summed E-state index contributed by atoms with van der Waals surface area (Å²) in [6.45, 7) is 6.88. The Kier molecular flexibility index (Phi) is 5.93. The Bertz CT molecular complexity index is 1210. The highest BCUT2D eigenvalue weighted by Crippen LogP contribution is 2.21. The monoisotopic (exact) mass is 414 g/mol. The van der Waals surface area contributed by atoms with Gasteiger partial charge in [0, 0.05) is 41.8 Å². The summed E-state index contributed by atoms with van der Waals surface area (Å²) in [6.07, 6.45) is 4.49. The normalized spacial score (nSPS) is 11.1. The maximum atomic E-state index is 11.8. The number of anilines is 1. The standard InChI is InChI=1S/C24H26N6O/c1-4-19-12-22(31)28-24(27-19)17-10-11-21(25-13-17)26-14-18-15-30(29-23(18)16(2)3)20-8-6-5-7-9-20/h5-13,15-16H,4,14H2,1-3H3,(H,25,26)(H,27,28,31). The third-order valence-corrected chi connectivity index (χ3v) is 5.04. The summed E-state index contributed by atoms with van der Waals surface area (Å²) < 4.78 is 1.92. The van der Waals surface area contributed by atoms with Gasteiger partial charge in [0.2, 0.25) is 0 Å². The van der Waals surface area contributed by atoms with Crippen LogP contribution in [0.1, 0.15) is 43.6 Å². The van der Waals surface area contributed by atoms with Gasteiger partial charge in [0.15, 0.2) is 0 Å². The molecule has 1 aromatic carbocycles. The van der Waals surface area contributed by atoms with E-state index in [1.807, 2.05) is 54.1 Å². The zero-order valence-electron chi connectivity index (χ0n) is 18.0. The van der Waals surface area contributed by atoms with E-state index in [-0.39, 0.29) is 5.56 Å². The third-order valence-electron chi connectivity index (χ3n) is 5.04.